The molecule has 8 heteroatoms. The first kappa shape index (κ1) is 26.7. The molecular formula is C31H32BrN5O2. The van der Waals surface area contributed by atoms with Crippen LogP contribution < -0.4 is 15.4 Å². The molecule has 3 aromatic carbocycles. The topological polar surface area (TPSA) is 81.1 Å². The first-order chi connectivity index (χ1) is 18.6. The molecule has 1 aliphatic rings. The zero-order chi connectivity index (χ0) is 27.7. The van der Waals surface area contributed by atoms with E-state index in [1.807, 2.05) is 56.3 Å². The van der Waals surface area contributed by atoms with Gasteiger partial charge in [-0.3, -0.25) is 4.79 Å². The van der Waals surface area contributed by atoms with Crippen LogP contribution in [0.2, 0.25) is 0 Å². The fraction of sp³-hybridized carbons (Fsp3) is 0.258. The highest BCUT2D eigenvalue weighted by molar-refractivity contribution is 9.10. The lowest BCUT2D eigenvalue weighted by molar-refractivity contribution is -0.113. The maximum Gasteiger partial charge on any atom is 0.255 e. The minimum atomic E-state index is -0.551. The molecule has 1 aromatic heterocycles. The largest absolute Gasteiger partial charge is 0.489 e. The number of hydrogen-bond acceptors (Lipinski definition) is 5. The van der Waals surface area contributed by atoms with Crippen molar-refractivity contribution in [1.82, 2.24) is 14.8 Å². The standard InChI is InChI=1S/C31H32BrN5O2/c1-19-6-13-24(14-7-19)36-29(38)27-20(2)35-30-33-18-34-37(30)28(27)25-16-23(32)12-15-26(25)39-17-21-8-10-22(11-9-21)31(3,4)5/h6-16,18,28H,17H2,1-5H3,(H,36,38)(H,33,34,35). The van der Waals surface area contributed by atoms with Gasteiger partial charge in [-0.1, -0.05) is 78.7 Å². The lowest BCUT2D eigenvalue weighted by Crippen LogP contribution is -2.31. The van der Waals surface area contributed by atoms with E-state index in [1.165, 1.54) is 11.9 Å². The number of benzene rings is 3. The number of anilines is 2. The van der Waals surface area contributed by atoms with E-state index in [1.54, 1.807) is 4.68 Å². The maximum absolute atomic E-state index is 13.7. The third-order valence-electron chi connectivity index (χ3n) is 6.83. The van der Waals surface area contributed by atoms with Crippen LogP contribution in [0.5, 0.6) is 5.75 Å². The number of carbonyl (C=O) groups excluding carboxylic acids is 1. The lowest BCUT2D eigenvalue weighted by Gasteiger charge is -2.30. The molecule has 1 atom stereocenters. The predicted octanol–water partition coefficient (Wildman–Crippen LogP) is 7.15. The number of aromatic nitrogens is 3. The van der Waals surface area contributed by atoms with Crippen LogP contribution in [0.15, 0.2) is 88.8 Å². The number of rotatable bonds is 6. The summed E-state index contributed by atoms with van der Waals surface area (Å²) < 4.78 is 8.98. The highest BCUT2D eigenvalue weighted by atomic mass is 79.9. The average molecular weight is 587 g/mol. The molecule has 0 saturated heterocycles. The van der Waals surface area contributed by atoms with E-state index in [9.17, 15) is 4.79 Å². The molecule has 2 heterocycles. The van der Waals surface area contributed by atoms with E-state index < -0.39 is 6.04 Å². The van der Waals surface area contributed by atoms with Gasteiger partial charge in [-0.2, -0.15) is 10.1 Å². The summed E-state index contributed by atoms with van der Waals surface area (Å²) >= 11 is 3.62. The highest BCUT2D eigenvalue weighted by Crippen LogP contribution is 2.40. The summed E-state index contributed by atoms with van der Waals surface area (Å²) in [6, 6.07) is 21.5. The summed E-state index contributed by atoms with van der Waals surface area (Å²) in [5.41, 5.74) is 6.30. The van der Waals surface area contributed by atoms with Gasteiger partial charge in [0.1, 0.15) is 24.7 Å². The average Bonchev–Trinajstić information content (AvgIpc) is 3.36. The minimum Gasteiger partial charge on any atom is -0.489 e. The Labute approximate surface area is 237 Å². The molecule has 0 spiro atoms. The summed E-state index contributed by atoms with van der Waals surface area (Å²) in [5.74, 6) is 1.01. The number of amides is 1. The highest BCUT2D eigenvalue weighted by Gasteiger charge is 2.35. The summed E-state index contributed by atoms with van der Waals surface area (Å²) in [4.78, 5) is 18.1. The van der Waals surface area contributed by atoms with Gasteiger partial charge in [0.25, 0.3) is 5.91 Å². The van der Waals surface area contributed by atoms with Crippen LogP contribution in [0.1, 0.15) is 56.0 Å². The van der Waals surface area contributed by atoms with Crippen molar-refractivity contribution in [3.05, 3.63) is 111 Å². The van der Waals surface area contributed by atoms with Crippen LogP contribution in [0.3, 0.4) is 0 Å². The molecule has 0 radical (unpaired) electrons. The van der Waals surface area contributed by atoms with Crippen molar-refractivity contribution in [2.45, 2.75) is 52.7 Å². The number of fused-ring (bicyclic) bond motifs is 1. The van der Waals surface area contributed by atoms with Crippen molar-refractivity contribution in [2.75, 3.05) is 10.6 Å². The van der Waals surface area contributed by atoms with Gasteiger partial charge in [0.05, 0.1) is 5.57 Å². The molecule has 1 unspecified atom stereocenters. The fourth-order valence-corrected chi connectivity index (χ4v) is 5.01. The normalized spacial score (nSPS) is 15.0. The maximum atomic E-state index is 13.7. The summed E-state index contributed by atoms with van der Waals surface area (Å²) in [6.07, 6.45) is 1.48. The molecule has 39 heavy (non-hydrogen) atoms. The summed E-state index contributed by atoms with van der Waals surface area (Å²) in [5, 5.41) is 10.8. The molecule has 1 aliphatic heterocycles. The van der Waals surface area contributed by atoms with E-state index in [4.69, 9.17) is 4.74 Å². The van der Waals surface area contributed by atoms with Crippen molar-refractivity contribution in [1.29, 1.82) is 0 Å². The fourth-order valence-electron chi connectivity index (χ4n) is 4.63. The van der Waals surface area contributed by atoms with Gasteiger partial charge >= 0.3 is 0 Å². The number of ether oxygens (including phenoxy) is 1. The van der Waals surface area contributed by atoms with Crippen LogP contribution in [-0.2, 0) is 16.8 Å². The summed E-state index contributed by atoms with van der Waals surface area (Å²) in [6.45, 7) is 10.9. The van der Waals surface area contributed by atoms with Gasteiger partial charge in [0.2, 0.25) is 5.95 Å². The van der Waals surface area contributed by atoms with E-state index in [-0.39, 0.29) is 11.3 Å². The predicted molar refractivity (Wildman–Crippen MR) is 158 cm³/mol. The Kier molecular flexibility index (Phi) is 7.32. The molecule has 200 valence electrons. The quantitative estimate of drug-likeness (QED) is 0.251. The SMILES string of the molecule is CC1=C(C(=O)Nc2ccc(C)cc2)C(c2cc(Br)ccc2OCc2ccc(C(C)(C)C)cc2)n2ncnc2N1. The first-order valence-electron chi connectivity index (χ1n) is 12.9. The molecule has 0 aliphatic carbocycles. The van der Waals surface area contributed by atoms with Crippen LogP contribution >= 0.6 is 15.9 Å². The number of halogens is 1. The number of carbonyl (C=O) groups is 1. The zero-order valence-electron chi connectivity index (χ0n) is 22.7. The van der Waals surface area contributed by atoms with E-state index in [0.29, 0.717) is 29.6 Å². The van der Waals surface area contributed by atoms with Crippen LogP contribution in [0, 0.1) is 6.92 Å². The number of nitrogens with one attached hydrogen (secondary N) is 2. The number of nitrogens with zero attached hydrogens (tertiary/aromatic N) is 3. The Hall–Kier alpha value is -3.91. The van der Waals surface area contributed by atoms with Gasteiger partial charge in [-0.15, -0.1) is 0 Å². The number of allylic oxidation sites excluding steroid dienone is 1. The Bertz CT molecular complexity index is 1530. The molecule has 4 aromatic rings. The molecule has 2 N–H and O–H groups in total. The summed E-state index contributed by atoms with van der Waals surface area (Å²) in [7, 11) is 0. The number of hydrogen-bond donors (Lipinski definition) is 2. The second kappa shape index (κ2) is 10.7. The van der Waals surface area contributed by atoms with Crippen molar-refractivity contribution >= 4 is 33.5 Å². The van der Waals surface area contributed by atoms with Gasteiger partial charge in [-0.05, 0) is 60.7 Å². The van der Waals surface area contributed by atoms with Crippen molar-refractivity contribution in [2.24, 2.45) is 0 Å². The monoisotopic (exact) mass is 585 g/mol. The zero-order valence-corrected chi connectivity index (χ0v) is 24.3. The van der Waals surface area contributed by atoms with Crippen LogP contribution in [-0.4, -0.2) is 20.7 Å². The van der Waals surface area contributed by atoms with E-state index in [2.05, 4.69) is 81.7 Å². The third kappa shape index (κ3) is 5.76. The Morgan fingerprint density at radius 2 is 1.77 bits per heavy atom. The minimum absolute atomic E-state index is 0.0858. The van der Waals surface area contributed by atoms with Crippen molar-refractivity contribution < 1.29 is 9.53 Å². The molecule has 7 nitrogen and oxygen atoms in total. The molecule has 5 rings (SSSR count). The third-order valence-corrected chi connectivity index (χ3v) is 7.32. The van der Waals surface area contributed by atoms with E-state index in [0.717, 1.165) is 26.9 Å². The van der Waals surface area contributed by atoms with Gasteiger partial charge < -0.3 is 15.4 Å². The number of aryl methyl sites for hydroxylation is 1. The molecule has 0 fully saturated rings. The van der Waals surface area contributed by atoms with Crippen molar-refractivity contribution in [3.8, 4) is 5.75 Å². The van der Waals surface area contributed by atoms with Crippen LogP contribution in [0.25, 0.3) is 0 Å². The second-order valence-electron chi connectivity index (χ2n) is 10.8. The van der Waals surface area contributed by atoms with Crippen LogP contribution in [0.4, 0.5) is 11.6 Å². The lowest BCUT2D eigenvalue weighted by atomic mass is 9.87. The molecule has 0 bridgehead atoms. The Balaban J connectivity index is 1.49. The van der Waals surface area contributed by atoms with Gasteiger partial charge in [0.15, 0.2) is 0 Å². The molecule has 0 saturated carbocycles. The van der Waals surface area contributed by atoms with Crippen molar-refractivity contribution in [3.63, 3.8) is 0 Å². The Morgan fingerprint density at radius 3 is 2.46 bits per heavy atom. The molecular weight excluding hydrogens is 554 g/mol. The van der Waals surface area contributed by atoms with Gasteiger partial charge in [0, 0.05) is 21.4 Å². The Morgan fingerprint density at radius 1 is 1.05 bits per heavy atom. The first-order valence-corrected chi connectivity index (χ1v) is 13.7. The van der Waals surface area contributed by atoms with E-state index >= 15 is 0 Å². The van der Waals surface area contributed by atoms with Gasteiger partial charge in [-0.25, -0.2) is 4.68 Å². The molecule has 1 amide bonds. The smallest absolute Gasteiger partial charge is 0.255 e. The second-order valence-corrected chi connectivity index (χ2v) is 11.7.